The highest BCUT2D eigenvalue weighted by Crippen LogP contribution is 2.44. The van der Waals surface area contributed by atoms with Crippen LogP contribution in [0.5, 0.6) is 0 Å². The first-order chi connectivity index (χ1) is 11.6. The fourth-order valence-electron chi connectivity index (χ4n) is 3.46. The third-order valence-corrected chi connectivity index (χ3v) is 4.57. The average Bonchev–Trinajstić information content (AvgIpc) is 2.60. The Kier molecular flexibility index (Phi) is 3.30. The van der Waals surface area contributed by atoms with E-state index < -0.39 is 23.8 Å². The van der Waals surface area contributed by atoms with Crippen molar-refractivity contribution in [3.8, 4) is 0 Å². The second-order valence-corrected chi connectivity index (χ2v) is 5.90. The van der Waals surface area contributed by atoms with Crippen molar-refractivity contribution < 1.29 is 13.6 Å². The highest BCUT2D eigenvalue weighted by Gasteiger charge is 2.38. The summed E-state index contributed by atoms with van der Waals surface area (Å²) < 4.78 is 26.8. The van der Waals surface area contributed by atoms with Gasteiger partial charge in [-0.15, -0.1) is 0 Å². The quantitative estimate of drug-likeness (QED) is 0.859. The molecule has 2 atom stereocenters. The maximum atomic E-state index is 13.6. The highest BCUT2D eigenvalue weighted by molar-refractivity contribution is 6.03. The van der Waals surface area contributed by atoms with Gasteiger partial charge in [-0.3, -0.25) is 4.79 Å². The topological polar surface area (TPSA) is 61.8 Å². The van der Waals surface area contributed by atoms with E-state index >= 15 is 0 Å². The lowest BCUT2D eigenvalue weighted by Crippen LogP contribution is -2.49. The monoisotopic (exact) mass is 329 g/mol. The molecular weight excluding hydrogens is 316 g/mol. The molecule has 7 heteroatoms. The van der Waals surface area contributed by atoms with Gasteiger partial charge in [0.2, 0.25) is 0 Å². The molecule has 0 saturated heterocycles. The molecule has 0 aliphatic carbocycles. The maximum absolute atomic E-state index is 13.6. The van der Waals surface area contributed by atoms with Crippen LogP contribution in [0.2, 0.25) is 0 Å². The van der Waals surface area contributed by atoms with Crippen LogP contribution < -0.4 is 10.2 Å². The molecule has 2 aromatic carbocycles. The Bertz CT molecular complexity index is 856. The van der Waals surface area contributed by atoms with Crippen molar-refractivity contribution in [1.82, 2.24) is 5.32 Å². The van der Waals surface area contributed by atoms with Crippen molar-refractivity contribution in [2.75, 3.05) is 11.4 Å². The van der Waals surface area contributed by atoms with Crippen molar-refractivity contribution in [2.45, 2.75) is 18.6 Å². The van der Waals surface area contributed by atoms with Gasteiger partial charge in [0, 0.05) is 12.1 Å². The van der Waals surface area contributed by atoms with Crippen LogP contribution in [-0.4, -0.2) is 12.5 Å². The second-order valence-electron chi connectivity index (χ2n) is 5.90. The van der Waals surface area contributed by atoms with E-state index in [1.165, 1.54) is 6.07 Å². The number of carbonyl (C=O) groups excluding carboxylic acids is 1. The van der Waals surface area contributed by atoms with Crippen LogP contribution in [0.15, 0.2) is 41.6 Å². The molecule has 4 rings (SSSR count). The number of nitroso groups, excluding NO2 is 1. The number of nitrogens with zero attached hydrogens (tertiary/aromatic N) is 2. The Morgan fingerprint density at radius 1 is 1.17 bits per heavy atom. The Balaban J connectivity index is 1.86. The number of amides is 1. The number of anilines is 1. The van der Waals surface area contributed by atoms with Crippen molar-refractivity contribution in [2.24, 2.45) is 5.18 Å². The summed E-state index contributed by atoms with van der Waals surface area (Å²) in [5.41, 5.74) is 2.24. The van der Waals surface area contributed by atoms with Gasteiger partial charge in [-0.25, -0.2) is 8.78 Å². The Hall–Kier alpha value is -2.83. The molecule has 2 aliphatic rings. The van der Waals surface area contributed by atoms with Gasteiger partial charge in [0.05, 0.1) is 11.3 Å². The number of rotatable bonds is 2. The second kappa shape index (κ2) is 5.36. The minimum absolute atomic E-state index is 0.315. The van der Waals surface area contributed by atoms with Gasteiger partial charge in [0.25, 0.3) is 5.91 Å². The molecule has 2 aliphatic heterocycles. The van der Waals surface area contributed by atoms with E-state index in [0.717, 1.165) is 12.1 Å². The predicted octanol–water partition coefficient (Wildman–Crippen LogP) is 3.42. The summed E-state index contributed by atoms with van der Waals surface area (Å²) in [7, 11) is 0. The summed E-state index contributed by atoms with van der Waals surface area (Å²) in [6, 6.07) is 8.23. The fraction of sp³-hybridized carbons (Fsp3) is 0.235. The molecule has 2 heterocycles. The third-order valence-electron chi connectivity index (χ3n) is 4.57. The molecule has 2 unspecified atom stereocenters. The minimum atomic E-state index is -0.967. The predicted molar refractivity (Wildman–Crippen MR) is 83.5 cm³/mol. The van der Waals surface area contributed by atoms with Crippen LogP contribution in [0.4, 0.5) is 14.5 Å². The smallest absolute Gasteiger partial charge is 0.255 e. The molecule has 0 bridgehead atoms. The zero-order valence-electron chi connectivity index (χ0n) is 12.5. The van der Waals surface area contributed by atoms with E-state index in [2.05, 4.69) is 10.5 Å². The molecule has 0 spiro atoms. The van der Waals surface area contributed by atoms with E-state index in [-0.39, 0.29) is 5.91 Å². The Morgan fingerprint density at radius 2 is 2.00 bits per heavy atom. The van der Waals surface area contributed by atoms with Crippen LogP contribution in [0.3, 0.4) is 0 Å². The average molecular weight is 329 g/mol. The number of halogens is 2. The fourth-order valence-corrected chi connectivity index (χ4v) is 3.46. The molecule has 5 nitrogen and oxygen atoms in total. The lowest BCUT2D eigenvalue weighted by Gasteiger charge is -2.43. The largest absolute Gasteiger partial charge is 0.346 e. The standard InChI is InChI=1S/C17H13F2N3O2/c18-12-5-4-9(8-13(12)19)16-20-17(23)11-3-1-2-10-14(21-24)6-7-22(16)15(10)11/h1-5,8,14,16H,6-7H2,(H,20,23). The third kappa shape index (κ3) is 2.08. The van der Waals surface area contributed by atoms with Gasteiger partial charge in [-0.2, -0.15) is 4.91 Å². The summed E-state index contributed by atoms with van der Waals surface area (Å²) in [5.74, 6) is -2.22. The summed E-state index contributed by atoms with van der Waals surface area (Å²) in [5, 5.41) is 5.97. The first-order valence-corrected chi connectivity index (χ1v) is 7.58. The maximum Gasteiger partial charge on any atom is 0.255 e. The van der Waals surface area contributed by atoms with Crippen LogP contribution in [-0.2, 0) is 0 Å². The Morgan fingerprint density at radius 3 is 2.75 bits per heavy atom. The van der Waals surface area contributed by atoms with Crippen molar-refractivity contribution in [1.29, 1.82) is 0 Å². The summed E-state index contributed by atoms with van der Waals surface area (Å²) in [6.45, 7) is 0.477. The minimum Gasteiger partial charge on any atom is -0.346 e. The molecule has 0 fully saturated rings. The van der Waals surface area contributed by atoms with Gasteiger partial charge in [0.1, 0.15) is 12.2 Å². The number of para-hydroxylation sites is 1. The molecule has 0 radical (unpaired) electrons. The van der Waals surface area contributed by atoms with E-state index in [9.17, 15) is 18.5 Å². The molecule has 0 aromatic heterocycles. The molecule has 1 amide bonds. The number of benzene rings is 2. The molecular formula is C17H13F2N3O2. The van der Waals surface area contributed by atoms with Crippen molar-refractivity contribution in [3.05, 3.63) is 69.6 Å². The summed E-state index contributed by atoms with van der Waals surface area (Å²) >= 11 is 0. The first kappa shape index (κ1) is 14.7. The van der Waals surface area contributed by atoms with E-state index in [4.69, 9.17) is 0 Å². The molecule has 24 heavy (non-hydrogen) atoms. The van der Waals surface area contributed by atoms with Crippen LogP contribution in [0, 0.1) is 16.5 Å². The van der Waals surface area contributed by atoms with Gasteiger partial charge in [-0.1, -0.05) is 23.4 Å². The highest BCUT2D eigenvalue weighted by atomic mass is 19.2. The van der Waals surface area contributed by atoms with E-state index in [1.807, 2.05) is 4.90 Å². The first-order valence-electron chi connectivity index (χ1n) is 7.58. The lowest BCUT2D eigenvalue weighted by atomic mass is 9.90. The summed E-state index contributed by atoms with van der Waals surface area (Å²) in [6.07, 6.45) is -0.121. The number of hydrogen-bond acceptors (Lipinski definition) is 4. The zero-order valence-corrected chi connectivity index (χ0v) is 12.5. The lowest BCUT2D eigenvalue weighted by molar-refractivity contribution is 0.0925. The molecule has 2 aromatic rings. The Labute approximate surface area is 136 Å². The van der Waals surface area contributed by atoms with E-state index in [0.29, 0.717) is 35.3 Å². The van der Waals surface area contributed by atoms with Gasteiger partial charge >= 0.3 is 0 Å². The number of hydrogen-bond donors (Lipinski definition) is 1. The van der Waals surface area contributed by atoms with Gasteiger partial charge in [0.15, 0.2) is 11.6 Å². The van der Waals surface area contributed by atoms with Crippen LogP contribution in [0.25, 0.3) is 0 Å². The molecule has 1 N–H and O–H groups in total. The van der Waals surface area contributed by atoms with Crippen LogP contribution in [0.1, 0.15) is 40.1 Å². The van der Waals surface area contributed by atoms with Crippen LogP contribution >= 0.6 is 0 Å². The van der Waals surface area contributed by atoms with E-state index in [1.54, 1.807) is 18.2 Å². The zero-order chi connectivity index (χ0) is 16.8. The van der Waals surface area contributed by atoms with Crippen molar-refractivity contribution >= 4 is 11.6 Å². The van der Waals surface area contributed by atoms with Gasteiger partial charge in [-0.05, 0) is 30.2 Å². The summed E-state index contributed by atoms with van der Waals surface area (Å²) in [4.78, 5) is 25.4. The number of carbonyl (C=O) groups is 1. The number of nitrogens with one attached hydrogen (secondary N) is 1. The molecule has 122 valence electrons. The van der Waals surface area contributed by atoms with Gasteiger partial charge < -0.3 is 10.2 Å². The normalized spacial score (nSPS) is 21.9. The SMILES string of the molecule is O=NC1CCN2c3c(cccc31)C(=O)NC2c1ccc(F)c(F)c1. The molecule has 0 saturated carbocycles. The van der Waals surface area contributed by atoms with Crippen molar-refractivity contribution in [3.63, 3.8) is 0 Å².